The molecule has 0 radical (unpaired) electrons. The van der Waals surface area contributed by atoms with E-state index in [2.05, 4.69) is 10.3 Å². The summed E-state index contributed by atoms with van der Waals surface area (Å²) in [5.41, 5.74) is 0.296. The molecule has 31 heavy (non-hydrogen) atoms. The normalized spacial score (nSPS) is 18.2. The first-order chi connectivity index (χ1) is 14.6. The molecule has 3 rings (SSSR count). The molecule has 0 saturated carbocycles. The molecule has 1 atom stereocenters. The molecule has 10 heteroatoms. The van der Waals surface area contributed by atoms with Crippen LogP contribution in [0.2, 0.25) is 0 Å². The highest BCUT2D eigenvalue weighted by Crippen LogP contribution is 2.26. The number of nitrogens with one attached hydrogen (secondary N) is 1. The van der Waals surface area contributed by atoms with Gasteiger partial charge in [-0.15, -0.1) is 0 Å². The van der Waals surface area contributed by atoms with E-state index in [1.165, 1.54) is 0 Å². The summed E-state index contributed by atoms with van der Waals surface area (Å²) in [7, 11) is 0. The van der Waals surface area contributed by atoms with Gasteiger partial charge in [0.2, 0.25) is 5.91 Å². The number of nitrogens with zero attached hydrogens (tertiary/aromatic N) is 4. The van der Waals surface area contributed by atoms with Gasteiger partial charge in [0.05, 0.1) is 18.4 Å². The fourth-order valence-corrected chi connectivity index (χ4v) is 4.55. The van der Waals surface area contributed by atoms with Crippen LogP contribution in [0, 0.1) is 6.92 Å². The van der Waals surface area contributed by atoms with Crippen molar-refractivity contribution in [3.05, 3.63) is 17.7 Å². The molecule has 1 aromatic heterocycles. The first-order valence-corrected chi connectivity index (χ1v) is 12.1. The number of hydrogen-bond acceptors (Lipinski definition) is 6. The molecule has 1 aromatic rings. The summed E-state index contributed by atoms with van der Waals surface area (Å²) in [6, 6.07) is -0.541. The van der Waals surface area contributed by atoms with Gasteiger partial charge in [-0.1, -0.05) is 0 Å². The molecule has 3 amide bonds. The third-order valence-electron chi connectivity index (χ3n) is 5.60. The summed E-state index contributed by atoms with van der Waals surface area (Å²) in [5.74, 6) is 1.38. The first-order valence-electron chi connectivity index (χ1n) is 10.7. The smallest absolute Gasteiger partial charge is 0.408 e. The minimum absolute atomic E-state index is 0.0285. The second-order valence-electron chi connectivity index (χ2n) is 9.08. The Bertz CT molecular complexity index is 826. The van der Waals surface area contributed by atoms with Crippen LogP contribution in [0.3, 0.4) is 0 Å². The van der Waals surface area contributed by atoms with Gasteiger partial charge in [-0.2, -0.15) is 11.8 Å². The van der Waals surface area contributed by atoms with E-state index in [-0.39, 0.29) is 18.0 Å². The number of alkyl carbamates (subject to hydrolysis) is 1. The maximum Gasteiger partial charge on any atom is 0.408 e. The Hall–Kier alpha value is -2.23. The topological polar surface area (TPSA) is 96.8 Å². The number of piperidine rings is 1. The number of rotatable bonds is 6. The number of aryl methyl sites for hydroxylation is 1. The third-order valence-corrected chi connectivity index (χ3v) is 6.24. The van der Waals surface area contributed by atoms with E-state index in [4.69, 9.17) is 4.74 Å². The Kier molecular flexibility index (Phi) is 7.18. The van der Waals surface area contributed by atoms with Crippen molar-refractivity contribution in [3.63, 3.8) is 0 Å². The zero-order valence-corrected chi connectivity index (χ0v) is 19.8. The van der Waals surface area contributed by atoms with Crippen molar-refractivity contribution < 1.29 is 19.1 Å². The summed E-state index contributed by atoms with van der Waals surface area (Å²) in [4.78, 5) is 46.0. The Morgan fingerprint density at radius 3 is 2.58 bits per heavy atom. The average molecular weight is 452 g/mol. The van der Waals surface area contributed by atoms with Crippen LogP contribution in [0.4, 0.5) is 9.59 Å². The first kappa shape index (κ1) is 23.4. The number of carbonyl (C=O) groups excluding carboxylic acids is 3. The van der Waals surface area contributed by atoms with Gasteiger partial charge >= 0.3 is 12.1 Å². The number of imidazole rings is 1. The van der Waals surface area contributed by atoms with Crippen LogP contribution in [0.1, 0.15) is 51.6 Å². The number of amides is 3. The van der Waals surface area contributed by atoms with E-state index in [0.717, 1.165) is 24.3 Å². The van der Waals surface area contributed by atoms with E-state index in [9.17, 15) is 14.4 Å². The molecular weight excluding hydrogens is 418 g/mol. The second-order valence-corrected chi connectivity index (χ2v) is 10.1. The highest BCUT2D eigenvalue weighted by molar-refractivity contribution is 7.98. The summed E-state index contributed by atoms with van der Waals surface area (Å²) >= 11 is 1.63. The van der Waals surface area contributed by atoms with Gasteiger partial charge in [-0.05, 0) is 59.0 Å². The summed E-state index contributed by atoms with van der Waals surface area (Å²) in [6.45, 7) is 8.90. The third kappa shape index (κ3) is 5.53. The van der Waals surface area contributed by atoms with Gasteiger partial charge < -0.3 is 19.9 Å². The lowest BCUT2D eigenvalue weighted by Crippen LogP contribution is -2.54. The number of ether oxygens (including phenoxy) is 1. The largest absolute Gasteiger partial charge is 0.444 e. The van der Waals surface area contributed by atoms with Gasteiger partial charge in [0.1, 0.15) is 17.5 Å². The van der Waals surface area contributed by atoms with Crippen molar-refractivity contribution in [3.8, 4) is 0 Å². The van der Waals surface area contributed by atoms with Crippen molar-refractivity contribution in [1.82, 2.24) is 24.7 Å². The number of carbonyl (C=O) groups is 3. The van der Waals surface area contributed by atoms with Crippen molar-refractivity contribution in [2.24, 2.45) is 0 Å². The molecule has 0 unspecified atom stereocenters. The van der Waals surface area contributed by atoms with Crippen molar-refractivity contribution in [2.75, 3.05) is 25.1 Å². The van der Waals surface area contributed by atoms with E-state index < -0.39 is 17.7 Å². The van der Waals surface area contributed by atoms with Crippen LogP contribution in [0.5, 0.6) is 0 Å². The van der Waals surface area contributed by atoms with Crippen molar-refractivity contribution in [2.45, 2.75) is 71.2 Å². The fraction of sp³-hybridized carbons (Fsp3) is 0.714. The van der Waals surface area contributed by atoms with Gasteiger partial charge in [0, 0.05) is 19.1 Å². The lowest BCUT2D eigenvalue weighted by molar-refractivity contribution is -0.135. The molecule has 1 N–H and O–H groups in total. The zero-order chi connectivity index (χ0) is 22.8. The van der Waals surface area contributed by atoms with Crippen LogP contribution in [-0.4, -0.2) is 80.2 Å². The summed E-state index contributed by atoms with van der Waals surface area (Å²) in [5, 5.41) is 2.75. The maximum atomic E-state index is 13.1. The monoisotopic (exact) mass is 451 g/mol. The maximum absolute atomic E-state index is 13.1. The van der Waals surface area contributed by atoms with E-state index >= 15 is 0 Å². The number of thioether (sulfide) groups is 1. The molecule has 9 nitrogen and oxygen atoms in total. The van der Waals surface area contributed by atoms with E-state index in [1.807, 2.05) is 18.1 Å². The molecule has 2 aliphatic rings. The van der Waals surface area contributed by atoms with Gasteiger partial charge in [0.25, 0.3) is 0 Å². The van der Waals surface area contributed by atoms with Crippen LogP contribution in [0.15, 0.2) is 6.20 Å². The molecule has 172 valence electrons. The van der Waals surface area contributed by atoms with Crippen LogP contribution in [0.25, 0.3) is 0 Å². The molecule has 1 fully saturated rings. The van der Waals surface area contributed by atoms with Crippen LogP contribution >= 0.6 is 11.8 Å². The van der Waals surface area contributed by atoms with E-state index in [1.54, 1.807) is 48.2 Å². The summed E-state index contributed by atoms with van der Waals surface area (Å²) in [6.07, 6.45) is 5.14. The van der Waals surface area contributed by atoms with Crippen LogP contribution < -0.4 is 5.32 Å². The SMILES string of the molecule is CSCC[C@@H](NC(=O)OC(C)(C)C)C(=O)N1CCC(N2Cc3cnc(C)n3C2=O)CC1. The Morgan fingerprint density at radius 1 is 1.32 bits per heavy atom. The quantitative estimate of drug-likeness (QED) is 0.714. The zero-order valence-electron chi connectivity index (χ0n) is 19.0. The predicted octanol–water partition coefficient (Wildman–Crippen LogP) is 2.61. The Morgan fingerprint density at radius 2 is 2.00 bits per heavy atom. The molecular formula is C21H33N5O4S. The Labute approximate surface area is 187 Å². The summed E-state index contributed by atoms with van der Waals surface area (Å²) < 4.78 is 7.00. The molecule has 3 heterocycles. The lowest BCUT2D eigenvalue weighted by Gasteiger charge is -2.37. The molecule has 2 aliphatic heterocycles. The van der Waals surface area contributed by atoms with Crippen LogP contribution in [-0.2, 0) is 16.1 Å². The molecule has 0 bridgehead atoms. The molecule has 0 spiro atoms. The van der Waals surface area contributed by atoms with Gasteiger partial charge in [0.15, 0.2) is 0 Å². The fourth-order valence-electron chi connectivity index (χ4n) is 4.08. The number of aromatic nitrogens is 2. The minimum Gasteiger partial charge on any atom is -0.444 e. The highest BCUT2D eigenvalue weighted by Gasteiger charge is 2.37. The second kappa shape index (κ2) is 9.50. The predicted molar refractivity (Wildman–Crippen MR) is 119 cm³/mol. The number of hydrogen-bond donors (Lipinski definition) is 1. The molecule has 0 aliphatic carbocycles. The highest BCUT2D eigenvalue weighted by atomic mass is 32.2. The Balaban J connectivity index is 1.57. The number of fused-ring (bicyclic) bond motifs is 1. The average Bonchev–Trinajstić information content (AvgIpc) is 3.23. The minimum atomic E-state index is -0.620. The molecule has 1 saturated heterocycles. The van der Waals surface area contributed by atoms with Gasteiger partial charge in [-0.25, -0.2) is 14.6 Å². The lowest BCUT2D eigenvalue weighted by atomic mass is 10.0. The standard InChI is InChI=1S/C21H33N5O4S/c1-14-22-12-16-13-25(20(29)26(14)16)15-6-9-24(10-7-15)18(27)17(8-11-31-5)23-19(28)30-21(2,3)4/h12,15,17H,6-11,13H2,1-5H3,(H,23,28)/t17-/m1/s1. The van der Waals surface area contributed by atoms with E-state index in [0.29, 0.717) is 31.9 Å². The molecule has 0 aromatic carbocycles. The number of likely N-dealkylation sites (tertiary alicyclic amines) is 1. The van der Waals surface area contributed by atoms with Crippen molar-refractivity contribution in [1.29, 1.82) is 0 Å². The van der Waals surface area contributed by atoms with Crippen molar-refractivity contribution >= 4 is 29.8 Å². The van der Waals surface area contributed by atoms with Gasteiger partial charge in [-0.3, -0.25) is 9.36 Å².